The van der Waals surface area contributed by atoms with Gasteiger partial charge >= 0.3 is 5.97 Å². The van der Waals surface area contributed by atoms with Gasteiger partial charge in [-0.3, -0.25) is 4.79 Å². The molecule has 1 aliphatic carbocycles. The number of carboxylic acid groups (broad SMARTS) is 1. The fourth-order valence-electron chi connectivity index (χ4n) is 2.35. The van der Waals surface area contributed by atoms with E-state index >= 15 is 0 Å². The van der Waals surface area contributed by atoms with E-state index in [-0.39, 0.29) is 6.42 Å². The van der Waals surface area contributed by atoms with Crippen LogP contribution in [0.2, 0.25) is 0 Å². The van der Waals surface area contributed by atoms with Crippen LogP contribution in [0.5, 0.6) is 0 Å². The van der Waals surface area contributed by atoms with Gasteiger partial charge in [-0.2, -0.15) is 0 Å². The van der Waals surface area contributed by atoms with E-state index in [2.05, 4.69) is 15.5 Å². The molecule has 0 aliphatic heterocycles. The quantitative estimate of drug-likeness (QED) is 0.844. The molecule has 2 atom stereocenters. The third kappa shape index (κ3) is 3.15. The molecule has 0 aromatic carbocycles. The molecule has 1 aromatic rings. The number of carboxylic acids is 1. The average Bonchev–Trinajstić information content (AvgIpc) is 2.86. The van der Waals surface area contributed by atoms with E-state index in [9.17, 15) is 4.79 Å². The van der Waals surface area contributed by atoms with Crippen molar-refractivity contribution in [2.45, 2.75) is 38.5 Å². The first kappa shape index (κ1) is 12.3. The van der Waals surface area contributed by atoms with Crippen molar-refractivity contribution < 1.29 is 9.90 Å². The summed E-state index contributed by atoms with van der Waals surface area (Å²) >= 11 is 1.59. The molecule has 0 spiro atoms. The van der Waals surface area contributed by atoms with Gasteiger partial charge in [0.25, 0.3) is 0 Å². The van der Waals surface area contributed by atoms with Crippen molar-refractivity contribution in [2.24, 2.45) is 5.92 Å². The second-order valence-electron chi connectivity index (χ2n) is 4.45. The summed E-state index contributed by atoms with van der Waals surface area (Å²) in [5.74, 6) is 0.0227. The van der Waals surface area contributed by atoms with Crippen molar-refractivity contribution in [3.05, 3.63) is 5.01 Å². The Balaban J connectivity index is 1.92. The molecule has 1 fully saturated rings. The Labute approximate surface area is 104 Å². The normalized spacial score (nSPS) is 23.8. The van der Waals surface area contributed by atoms with E-state index in [1.807, 2.05) is 6.92 Å². The van der Waals surface area contributed by atoms with Crippen LogP contribution >= 0.6 is 11.3 Å². The lowest BCUT2D eigenvalue weighted by molar-refractivity contribution is -0.138. The smallest absolute Gasteiger partial charge is 0.303 e. The van der Waals surface area contributed by atoms with Gasteiger partial charge in [0.2, 0.25) is 5.13 Å². The average molecular weight is 255 g/mol. The second kappa shape index (κ2) is 5.44. The monoisotopic (exact) mass is 255 g/mol. The fraction of sp³-hybridized carbons (Fsp3) is 0.727. The molecule has 1 heterocycles. The van der Waals surface area contributed by atoms with Gasteiger partial charge in [0.05, 0.1) is 0 Å². The van der Waals surface area contributed by atoms with E-state index in [4.69, 9.17) is 5.11 Å². The Bertz CT molecular complexity index is 394. The molecule has 0 unspecified atom stereocenters. The van der Waals surface area contributed by atoms with E-state index in [0.29, 0.717) is 11.8 Å². The predicted molar refractivity (Wildman–Crippen MR) is 66.4 cm³/mol. The van der Waals surface area contributed by atoms with E-state index in [1.54, 1.807) is 11.3 Å². The largest absolute Gasteiger partial charge is 0.481 e. The lowest BCUT2D eigenvalue weighted by Gasteiger charge is -2.05. The first-order valence-corrected chi connectivity index (χ1v) is 6.79. The first-order chi connectivity index (χ1) is 8.19. The van der Waals surface area contributed by atoms with E-state index in [0.717, 1.165) is 35.9 Å². The SMILES string of the molecule is CCNc1nnc([C@@H]2CC[C@H](CC(=O)O)C2)s1. The van der Waals surface area contributed by atoms with Gasteiger partial charge in [-0.15, -0.1) is 10.2 Å². The summed E-state index contributed by atoms with van der Waals surface area (Å²) in [6.45, 7) is 2.88. The standard InChI is InChI=1S/C11H17N3O2S/c1-2-12-11-14-13-10(17-11)8-4-3-7(5-8)6-9(15)16/h7-8H,2-6H2,1H3,(H,12,14)(H,15,16)/t7-,8+/m0/s1. The molecule has 0 radical (unpaired) electrons. The minimum absolute atomic E-state index is 0.287. The van der Waals surface area contributed by atoms with Gasteiger partial charge in [0.1, 0.15) is 5.01 Å². The van der Waals surface area contributed by atoms with Crippen LogP contribution in [-0.4, -0.2) is 27.8 Å². The highest BCUT2D eigenvalue weighted by atomic mass is 32.1. The maximum Gasteiger partial charge on any atom is 0.303 e. The highest BCUT2D eigenvalue weighted by molar-refractivity contribution is 7.15. The number of hydrogen-bond acceptors (Lipinski definition) is 5. The van der Waals surface area contributed by atoms with Gasteiger partial charge in [0, 0.05) is 18.9 Å². The van der Waals surface area contributed by atoms with Gasteiger partial charge in [-0.1, -0.05) is 11.3 Å². The van der Waals surface area contributed by atoms with Gasteiger partial charge in [-0.25, -0.2) is 0 Å². The summed E-state index contributed by atoms with van der Waals surface area (Å²) in [7, 11) is 0. The first-order valence-electron chi connectivity index (χ1n) is 5.98. The molecular formula is C11H17N3O2S. The number of aliphatic carboxylic acids is 1. The van der Waals surface area contributed by atoms with Crippen molar-refractivity contribution in [2.75, 3.05) is 11.9 Å². The van der Waals surface area contributed by atoms with Crippen LogP contribution < -0.4 is 5.32 Å². The lowest BCUT2D eigenvalue weighted by atomic mass is 10.0. The fourth-order valence-corrected chi connectivity index (χ4v) is 3.31. The summed E-state index contributed by atoms with van der Waals surface area (Å²) in [5.41, 5.74) is 0. The molecule has 1 aromatic heterocycles. The van der Waals surface area contributed by atoms with Gasteiger partial charge < -0.3 is 10.4 Å². The van der Waals surface area contributed by atoms with Crippen LogP contribution in [0, 0.1) is 5.92 Å². The molecule has 2 rings (SSSR count). The van der Waals surface area contributed by atoms with Crippen molar-refractivity contribution in [1.29, 1.82) is 0 Å². The maximum atomic E-state index is 10.7. The number of nitrogens with one attached hydrogen (secondary N) is 1. The summed E-state index contributed by atoms with van der Waals surface area (Å²) in [4.78, 5) is 10.7. The van der Waals surface area contributed by atoms with E-state index < -0.39 is 5.97 Å². The minimum Gasteiger partial charge on any atom is -0.481 e. The Kier molecular flexibility index (Phi) is 3.93. The van der Waals surface area contributed by atoms with Crippen LogP contribution in [0.4, 0.5) is 5.13 Å². The Hall–Kier alpha value is -1.17. The molecule has 94 valence electrons. The van der Waals surface area contributed by atoms with Crippen LogP contribution in [0.3, 0.4) is 0 Å². The summed E-state index contributed by atoms with van der Waals surface area (Å²) in [5, 5.41) is 22.1. The second-order valence-corrected chi connectivity index (χ2v) is 5.46. The molecule has 0 bridgehead atoms. The zero-order valence-corrected chi connectivity index (χ0v) is 10.7. The van der Waals surface area contributed by atoms with Gasteiger partial charge in [0.15, 0.2) is 0 Å². The highest BCUT2D eigenvalue weighted by Gasteiger charge is 2.29. The zero-order valence-electron chi connectivity index (χ0n) is 9.85. The van der Waals surface area contributed by atoms with Crippen LogP contribution in [0.15, 0.2) is 0 Å². The van der Waals surface area contributed by atoms with Crippen LogP contribution in [0.1, 0.15) is 43.5 Å². The van der Waals surface area contributed by atoms with Crippen molar-refractivity contribution in [3.63, 3.8) is 0 Å². The predicted octanol–water partition coefficient (Wildman–Crippen LogP) is 2.33. The Morgan fingerprint density at radius 3 is 3.06 bits per heavy atom. The highest BCUT2D eigenvalue weighted by Crippen LogP contribution is 2.41. The molecule has 5 nitrogen and oxygen atoms in total. The Morgan fingerprint density at radius 1 is 1.53 bits per heavy atom. The molecule has 6 heteroatoms. The van der Waals surface area contributed by atoms with Crippen LogP contribution in [0.25, 0.3) is 0 Å². The minimum atomic E-state index is -0.693. The molecule has 2 N–H and O–H groups in total. The number of anilines is 1. The molecular weight excluding hydrogens is 238 g/mol. The summed E-state index contributed by atoms with van der Waals surface area (Å²) in [6, 6.07) is 0. The third-order valence-electron chi connectivity index (χ3n) is 3.12. The molecule has 17 heavy (non-hydrogen) atoms. The van der Waals surface area contributed by atoms with E-state index in [1.165, 1.54) is 0 Å². The summed E-state index contributed by atoms with van der Waals surface area (Å²) < 4.78 is 0. The van der Waals surface area contributed by atoms with Crippen LogP contribution in [-0.2, 0) is 4.79 Å². The number of rotatable bonds is 5. The van der Waals surface area contributed by atoms with Crippen molar-refractivity contribution in [3.8, 4) is 0 Å². The topological polar surface area (TPSA) is 75.1 Å². The number of aromatic nitrogens is 2. The number of nitrogens with zero attached hydrogens (tertiary/aromatic N) is 2. The Morgan fingerprint density at radius 2 is 2.35 bits per heavy atom. The zero-order chi connectivity index (χ0) is 12.3. The number of carbonyl (C=O) groups is 1. The molecule has 1 aliphatic rings. The van der Waals surface area contributed by atoms with Gasteiger partial charge in [-0.05, 0) is 32.1 Å². The maximum absolute atomic E-state index is 10.7. The lowest BCUT2D eigenvalue weighted by Crippen LogP contribution is -2.04. The van der Waals surface area contributed by atoms with Crippen molar-refractivity contribution >= 4 is 22.4 Å². The third-order valence-corrected chi connectivity index (χ3v) is 4.17. The van der Waals surface area contributed by atoms with Crippen molar-refractivity contribution in [1.82, 2.24) is 10.2 Å². The molecule has 0 saturated heterocycles. The number of hydrogen-bond donors (Lipinski definition) is 2. The molecule has 1 saturated carbocycles. The molecule has 0 amide bonds. The summed E-state index contributed by atoms with van der Waals surface area (Å²) in [6.07, 6.45) is 3.26.